The van der Waals surface area contributed by atoms with E-state index in [4.69, 9.17) is 0 Å². The minimum Gasteiger partial charge on any atom is -1.00 e. The molecular weight excluding hydrogens is 549 g/mol. The van der Waals surface area contributed by atoms with Crippen LogP contribution in [0.4, 0.5) is 0 Å². The summed E-state index contributed by atoms with van der Waals surface area (Å²) in [6.45, 7) is 6.74. The van der Waals surface area contributed by atoms with Gasteiger partial charge >= 0.3 is 0 Å². The van der Waals surface area contributed by atoms with Crippen molar-refractivity contribution in [2.75, 3.05) is 0 Å². The first kappa shape index (κ1) is 24.5. The monoisotopic (exact) mass is 571 g/mol. The maximum Gasteiger partial charge on any atom is 0.178 e. The van der Waals surface area contributed by atoms with Crippen LogP contribution in [-0.2, 0) is 0 Å². The van der Waals surface area contributed by atoms with Crippen molar-refractivity contribution in [1.29, 1.82) is 0 Å². The lowest BCUT2D eigenvalue weighted by atomic mass is 10.1. The summed E-state index contributed by atoms with van der Waals surface area (Å²) in [5.74, 6) is 0. The van der Waals surface area contributed by atoms with Crippen LogP contribution in [0.5, 0.6) is 0 Å². The van der Waals surface area contributed by atoms with Gasteiger partial charge in [0.05, 0.1) is 0 Å². The Morgan fingerprint density at radius 3 is 1.07 bits per heavy atom. The molecule has 5 heteroatoms. The Morgan fingerprint density at radius 1 is 0.593 bits per heavy atom. The fraction of sp³-hybridized carbons (Fsp3) is 0.182. The Bertz CT molecular complexity index is 678. The van der Waals surface area contributed by atoms with E-state index in [1.165, 1.54) is 15.9 Å². The molecule has 144 valence electrons. The first-order valence-corrected chi connectivity index (χ1v) is 14.0. The van der Waals surface area contributed by atoms with Gasteiger partial charge in [0.2, 0.25) is 0 Å². The smallest absolute Gasteiger partial charge is 0.178 e. The molecular formula is C22H25Br3NP. The average Bonchev–Trinajstić information content (AvgIpc) is 2.69. The average molecular weight is 574 g/mol. The van der Waals surface area contributed by atoms with Crippen LogP contribution in [0, 0.1) is 0 Å². The summed E-state index contributed by atoms with van der Waals surface area (Å²) >= 11 is 5.50. The van der Waals surface area contributed by atoms with E-state index in [2.05, 4.69) is 145 Å². The lowest BCUT2D eigenvalue weighted by molar-refractivity contribution is -0.00000579. The van der Waals surface area contributed by atoms with Gasteiger partial charge in [-0.1, -0.05) is 54.6 Å². The first-order valence-electron chi connectivity index (χ1n) is 8.52. The van der Waals surface area contributed by atoms with Crippen molar-refractivity contribution in [1.82, 2.24) is 5.09 Å². The van der Waals surface area contributed by atoms with E-state index in [0.29, 0.717) is 0 Å². The van der Waals surface area contributed by atoms with E-state index in [0.717, 1.165) is 0 Å². The molecule has 3 aromatic carbocycles. The van der Waals surface area contributed by atoms with E-state index in [-0.39, 0.29) is 22.5 Å². The zero-order valence-electron chi connectivity index (χ0n) is 15.7. The van der Waals surface area contributed by atoms with Crippen LogP contribution in [0.2, 0.25) is 0 Å². The van der Waals surface area contributed by atoms with Crippen molar-refractivity contribution in [2.24, 2.45) is 0 Å². The lowest BCUT2D eigenvalue weighted by Gasteiger charge is -2.33. The summed E-state index contributed by atoms with van der Waals surface area (Å²) in [7, 11) is -1.92. The Kier molecular flexibility index (Phi) is 10.4. The lowest BCUT2D eigenvalue weighted by Crippen LogP contribution is -3.00. The number of nitrogens with one attached hydrogen (secondary N) is 1. The highest BCUT2D eigenvalue weighted by Crippen LogP contribution is 2.52. The van der Waals surface area contributed by atoms with Crippen LogP contribution in [0.15, 0.2) is 91.0 Å². The first-order chi connectivity index (χ1) is 12.5. The molecule has 0 amide bonds. The highest BCUT2D eigenvalue weighted by molar-refractivity contribution is 9.93. The molecule has 0 fully saturated rings. The van der Waals surface area contributed by atoms with E-state index >= 15 is 0 Å². The van der Waals surface area contributed by atoms with Crippen molar-refractivity contribution in [2.45, 2.75) is 26.3 Å². The normalized spacial score (nSPS) is 11.0. The third-order valence-electron chi connectivity index (χ3n) is 3.93. The highest BCUT2D eigenvalue weighted by Gasteiger charge is 2.48. The van der Waals surface area contributed by atoms with Gasteiger partial charge in [-0.3, -0.25) is 0 Å². The molecule has 27 heavy (non-hydrogen) atoms. The van der Waals surface area contributed by atoms with E-state index < -0.39 is 7.41 Å². The van der Waals surface area contributed by atoms with Gasteiger partial charge in [0.1, 0.15) is 15.9 Å². The largest absolute Gasteiger partial charge is 1.00 e. The number of hydrogen-bond donors (Lipinski definition) is 1. The molecule has 0 aromatic heterocycles. The van der Waals surface area contributed by atoms with Crippen LogP contribution in [0.25, 0.3) is 0 Å². The molecule has 0 aliphatic heterocycles. The van der Waals surface area contributed by atoms with Gasteiger partial charge in [0.15, 0.2) is 7.41 Å². The molecule has 0 aliphatic carbocycles. The van der Waals surface area contributed by atoms with Crippen LogP contribution in [0.1, 0.15) is 20.8 Å². The van der Waals surface area contributed by atoms with Gasteiger partial charge in [0, 0.05) is 33.8 Å². The maximum absolute atomic E-state index is 4.03. The molecule has 0 heterocycles. The molecule has 0 saturated carbocycles. The van der Waals surface area contributed by atoms with Crippen LogP contribution in [-0.4, -0.2) is 5.54 Å². The highest BCUT2D eigenvalue weighted by atomic mass is 80.9. The molecule has 0 aliphatic rings. The van der Waals surface area contributed by atoms with Crippen LogP contribution in [0.3, 0.4) is 0 Å². The van der Waals surface area contributed by atoms with Gasteiger partial charge in [-0.2, -0.15) is 5.09 Å². The second-order valence-corrected chi connectivity index (χ2v) is 10.2. The number of rotatable bonds is 4. The minimum absolute atomic E-state index is 0. The zero-order chi connectivity index (χ0) is 19.0. The second-order valence-electron chi connectivity index (χ2n) is 7.04. The van der Waals surface area contributed by atoms with Gasteiger partial charge in [-0.25, -0.2) is 0 Å². The molecule has 0 unspecified atom stereocenters. The Balaban J connectivity index is 0.00000118. The summed E-state index contributed by atoms with van der Waals surface area (Å²) in [5, 5.41) is 8.11. The van der Waals surface area contributed by atoms with Gasteiger partial charge in [-0.15, -0.1) is 0 Å². The molecule has 1 N–H and O–H groups in total. The predicted octanol–water partition coefficient (Wildman–Crippen LogP) is 2.98. The molecule has 3 aromatic rings. The van der Waals surface area contributed by atoms with Crippen molar-refractivity contribution in [3.05, 3.63) is 91.0 Å². The topological polar surface area (TPSA) is 12.0 Å². The summed E-state index contributed by atoms with van der Waals surface area (Å²) in [4.78, 5) is 0. The number of benzene rings is 3. The van der Waals surface area contributed by atoms with Crippen molar-refractivity contribution in [3.63, 3.8) is 0 Å². The maximum atomic E-state index is 4.03. The van der Waals surface area contributed by atoms with Crippen molar-refractivity contribution >= 4 is 51.6 Å². The summed E-state index contributed by atoms with van der Waals surface area (Å²) in [6, 6.07) is 32.6. The fourth-order valence-corrected chi connectivity index (χ4v) is 7.24. The fourth-order valence-electron chi connectivity index (χ4n) is 3.10. The summed E-state index contributed by atoms with van der Waals surface area (Å²) in [5.41, 5.74) is -0.00466. The molecule has 0 radical (unpaired) electrons. The van der Waals surface area contributed by atoms with Crippen LogP contribution < -0.4 is 38.0 Å². The Hall–Kier alpha value is -0.510. The molecule has 0 atom stereocenters. The standard InChI is InChI=1S/C22H25NP.Br2.BrH/c1-22(2,3)23-24(19-13-7-4-8-14-19,20-15-9-5-10-16-20)21-17-11-6-12-18-21;1-2;/h4-18,23H,1-3H3;;1H/q+1;;/p-1. The molecule has 0 saturated heterocycles. The third-order valence-corrected chi connectivity index (χ3v) is 8.16. The SMILES string of the molecule is BrBr.CC(C)(C)N[P+](c1ccccc1)(c1ccccc1)c1ccccc1.[Br-]. The van der Waals surface area contributed by atoms with E-state index in [1.807, 2.05) is 0 Å². The van der Waals surface area contributed by atoms with Crippen molar-refractivity contribution in [3.8, 4) is 0 Å². The Morgan fingerprint density at radius 2 is 0.852 bits per heavy atom. The Labute approximate surface area is 190 Å². The second kappa shape index (κ2) is 11.5. The van der Waals surface area contributed by atoms with Crippen molar-refractivity contribution < 1.29 is 17.0 Å². The quantitative estimate of drug-likeness (QED) is 0.473. The summed E-state index contributed by atoms with van der Waals surface area (Å²) < 4.78 is 0. The van der Waals surface area contributed by atoms with Gasteiger partial charge in [-0.05, 0) is 57.2 Å². The molecule has 0 bridgehead atoms. The number of halogens is 3. The van der Waals surface area contributed by atoms with E-state index in [9.17, 15) is 0 Å². The van der Waals surface area contributed by atoms with E-state index in [1.54, 1.807) is 0 Å². The summed E-state index contributed by atoms with van der Waals surface area (Å²) in [6.07, 6.45) is 0. The van der Waals surface area contributed by atoms with Crippen LogP contribution >= 0.6 is 35.7 Å². The number of hydrogen-bond acceptors (Lipinski definition) is 1. The van der Waals surface area contributed by atoms with Gasteiger partial charge in [0.25, 0.3) is 0 Å². The minimum atomic E-state index is -1.92. The molecule has 3 rings (SSSR count). The molecule has 0 spiro atoms. The van der Waals surface area contributed by atoms with Gasteiger partial charge < -0.3 is 17.0 Å². The zero-order valence-corrected chi connectivity index (χ0v) is 21.4. The molecule has 1 nitrogen and oxygen atoms in total. The predicted molar refractivity (Wildman–Crippen MR) is 126 cm³/mol. The third kappa shape index (κ3) is 6.24.